The van der Waals surface area contributed by atoms with Gasteiger partial charge in [-0.15, -0.1) is 6.58 Å². The molecule has 0 unspecified atom stereocenters. The molecule has 1 aromatic heterocycles. The summed E-state index contributed by atoms with van der Waals surface area (Å²) < 4.78 is 5.16. The number of rotatable bonds is 5. The van der Waals surface area contributed by atoms with Gasteiger partial charge in [-0.05, 0) is 42.2 Å². The zero-order chi connectivity index (χ0) is 13.0. The van der Waals surface area contributed by atoms with Gasteiger partial charge in [-0.1, -0.05) is 18.2 Å². The number of hydrogen-bond donors (Lipinski definition) is 1. The molecule has 0 spiro atoms. The van der Waals surface area contributed by atoms with E-state index in [0.29, 0.717) is 0 Å². The fraction of sp³-hybridized carbons (Fsp3) is 0.250. The van der Waals surface area contributed by atoms with Gasteiger partial charge in [0.1, 0.15) is 5.75 Å². The van der Waals surface area contributed by atoms with Crippen LogP contribution in [0.15, 0.2) is 43.1 Å². The fourth-order valence-corrected chi connectivity index (χ4v) is 2.09. The van der Waals surface area contributed by atoms with Gasteiger partial charge in [0.2, 0.25) is 0 Å². The molecule has 0 aliphatic carbocycles. The van der Waals surface area contributed by atoms with Crippen molar-refractivity contribution in [2.75, 3.05) is 7.11 Å². The van der Waals surface area contributed by atoms with Gasteiger partial charge >= 0.3 is 0 Å². The topological polar surface area (TPSA) is 25.0 Å². The van der Waals surface area contributed by atoms with Crippen molar-refractivity contribution in [1.29, 1.82) is 0 Å². The number of ether oxygens (including phenoxy) is 1. The van der Waals surface area contributed by atoms with Crippen molar-refractivity contribution >= 4 is 0 Å². The Balaban J connectivity index is 2.15. The molecule has 0 bridgehead atoms. The van der Waals surface area contributed by atoms with E-state index in [1.165, 1.54) is 22.4 Å². The molecule has 0 saturated carbocycles. The molecule has 18 heavy (non-hydrogen) atoms. The van der Waals surface area contributed by atoms with Crippen LogP contribution in [-0.4, -0.2) is 12.1 Å². The van der Waals surface area contributed by atoms with Gasteiger partial charge in [0, 0.05) is 18.3 Å². The van der Waals surface area contributed by atoms with Crippen molar-refractivity contribution in [1.82, 2.24) is 4.98 Å². The highest BCUT2D eigenvalue weighted by atomic mass is 16.5. The molecule has 0 aliphatic heterocycles. The molecule has 1 N–H and O–H groups in total. The Labute approximate surface area is 108 Å². The van der Waals surface area contributed by atoms with E-state index in [2.05, 4.69) is 36.8 Å². The maximum Gasteiger partial charge on any atom is 0.118 e. The molecule has 0 saturated heterocycles. The summed E-state index contributed by atoms with van der Waals surface area (Å²) >= 11 is 0. The highest BCUT2D eigenvalue weighted by molar-refractivity contribution is 5.36. The summed E-state index contributed by atoms with van der Waals surface area (Å²) in [4.78, 5) is 3.32. The van der Waals surface area contributed by atoms with Crippen molar-refractivity contribution < 1.29 is 4.74 Å². The van der Waals surface area contributed by atoms with Gasteiger partial charge in [-0.2, -0.15) is 0 Å². The first-order valence-corrected chi connectivity index (χ1v) is 6.14. The van der Waals surface area contributed by atoms with Gasteiger partial charge in [0.25, 0.3) is 0 Å². The second-order valence-electron chi connectivity index (χ2n) is 4.44. The number of aromatic amines is 1. The first-order valence-electron chi connectivity index (χ1n) is 6.14. The molecule has 94 valence electrons. The Bertz CT molecular complexity index is 523. The van der Waals surface area contributed by atoms with Crippen molar-refractivity contribution in [2.45, 2.75) is 19.8 Å². The Kier molecular flexibility index (Phi) is 3.88. The average molecular weight is 241 g/mol. The third kappa shape index (κ3) is 2.65. The third-order valence-electron chi connectivity index (χ3n) is 3.26. The quantitative estimate of drug-likeness (QED) is 0.794. The summed E-state index contributed by atoms with van der Waals surface area (Å²) in [7, 11) is 1.69. The number of H-pyrrole nitrogens is 1. The summed E-state index contributed by atoms with van der Waals surface area (Å²) in [5.74, 6) is 0.900. The van der Waals surface area contributed by atoms with Crippen LogP contribution in [-0.2, 0) is 12.8 Å². The molecule has 2 rings (SSSR count). The molecular formula is C16H19NO. The van der Waals surface area contributed by atoms with Crippen molar-refractivity contribution in [2.24, 2.45) is 0 Å². The zero-order valence-corrected chi connectivity index (χ0v) is 11.0. The molecule has 2 aromatic rings. The third-order valence-corrected chi connectivity index (χ3v) is 3.26. The monoisotopic (exact) mass is 241 g/mol. The number of benzene rings is 1. The lowest BCUT2D eigenvalue weighted by molar-refractivity contribution is 0.414. The molecule has 0 amide bonds. The van der Waals surface area contributed by atoms with Gasteiger partial charge in [0.05, 0.1) is 7.11 Å². The van der Waals surface area contributed by atoms with Crippen LogP contribution >= 0.6 is 0 Å². The zero-order valence-electron chi connectivity index (χ0n) is 11.0. The number of hydrogen-bond acceptors (Lipinski definition) is 1. The summed E-state index contributed by atoms with van der Waals surface area (Å²) in [5, 5.41) is 0. The molecule has 0 radical (unpaired) electrons. The van der Waals surface area contributed by atoms with E-state index >= 15 is 0 Å². The van der Waals surface area contributed by atoms with E-state index < -0.39 is 0 Å². The Hall–Kier alpha value is -1.96. The van der Waals surface area contributed by atoms with Crippen LogP contribution in [0.2, 0.25) is 0 Å². The second-order valence-corrected chi connectivity index (χ2v) is 4.44. The van der Waals surface area contributed by atoms with Gasteiger partial charge in [-0.3, -0.25) is 0 Å². The van der Waals surface area contributed by atoms with Crippen LogP contribution in [0.25, 0.3) is 0 Å². The van der Waals surface area contributed by atoms with Gasteiger partial charge in [0.15, 0.2) is 0 Å². The van der Waals surface area contributed by atoms with Crippen molar-refractivity contribution in [3.63, 3.8) is 0 Å². The maximum absolute atomic E-state index is 5.16. The molecule has 2 heteroatoms. The van der Waals surface area contributed by atoms with Gasteiger partial charge < -0.3 is 9.72 Å². The minimum Gasteiger partial charge on any atom is -0.497 e. The van der Waals surface area contributed by atoms with E-state index in [4.69, 9.17) is 4.74 Å². The molecule has 1 aromatic carbocycles. The summed E-state index contributed by atoms with van der Waals surface area (Å²) in [6.07, 6.45) is 5.87. The summed E-state index contributed by atoms with van der Waals surface area (Å²) in [6.45, 7) is 5.94. The fourth-order valence-electron chi connectivity index (χ4n) is 2.09. The Morgan fingerprint density at radius 2 is 2.00 bits per heavy atom. The molecule has 1 heterocycles. The van der Waals surface area contributed by atoms with Crippen LogP contribution in [0.4, 0.5) is 0 Å². The molecular weight excluding hydrogens is 222 g/mol. The molecule has 2 nitrogen and oxygen atoms in total. The lowest BCUT2D eigenvalue weighted by Gasteiger charge is -2.04. The summed E-state index contributed by atoms with van der Waals surface area (Å²) in [6, 6.07) is 8.22. The van der Waals surface area contributed by atoms with E-state index in [0.717, 1.165) is 18.6 Å². The summed E-state index contributed by atoms with van der Waals surface area (Å²) in [5.41, 5.74) is 5.24. The number of methoxy groups -OCH3 is 1. The van der Waals surface area contributed by atoms with Crippen LogP contribution in [0.5, 0.6) is 5.75 Å². The predicted octanol–water partition coefficient (Wildman–Crippen LogP) is 3.65. The normalized spacial score (nSPS) is 10.3. The smallest absolute Gasteiger partial charge is 0.118 e. The standard InChI is InChI=1S/C16H19NO/c1-4-5-16-12(2)14(11-17-16)10-13-6-8-15(18-3)9-7-13/h4,6-9,11,17H,1,5,10H2,2-3H3. The first-order chi connectivity index (χ1) is 8.74. The van der Waals surface area contributed by atoms with E-state index in [1.807, 2.05) is 18.2 Å². The number of nitrogens with one attached hydrogen (secondary N) is 1. The lowest BCUT2D eigenvalue weighted by atomic mass is 10.0. The van der Waals surface area contributed by atoms with E-state index in [-0.39, 0.29) is 0 Å². The maximum atomic E-state index is 5.16. The van der Waals surface area contributed by atoms with Crippen LogP contribution in [0, 0.1) is 6.92 Å². The number of aromatic nitrogens is 1. The highest BCUT2D eigenvalue weighted by Crippen LogP contribution is 2.19. The van der Waals surface area contributed by atoms with Crippen molar-refractivity contribution in [3.05, 3.63) is 65.5 Å². The SMILES string of the molecule is C=CCc1[nH]cc(Cc2ccc(OC)cc2)c1C. The molecule has 0 fully saturated rings. The van der Waals surface area contributed by atoms with Crippen molar-refractivity contribution in [3.8, 4) is 5.75 Å². The minimum atomic E-state index is 0.897. The Morgan fingerprint density at radius 1 is 1.28 bits per heavy atom. The Morgan fingerprint density at radius 3 is 2.61 bits per heavy atom. The van der Waals surface area contributed by atoms with E-state index in [1.54, 1.807) is 7.11 Å². The first kappa shape index (κ1) is 12.5. The number of allylic oxidation sites excluding steroid dienone is 1. The molecule has 0 aliphatic rings. The highest BCUT2D eigenvalue weighted by Gasteiger charge is 2.06. The second kappa shape index (κ2) is 5.58. The minimum absolute atomic E-state index is 0.897. The van der Waals surface area contributed by atoms with Crippen LogP contribution in [0.1, 0.15) is 22.4 Å². The lowest BCUT2D eigenvalue weighted by Crippen LogP contribution is -1.90. The van der Waals surface area contributed by atoms with Crippen LogP contribution in [0.3, 0.4) is 0 Å². The van der Waals surface area contributed by atoms with E-state index in [9.17, 15) is 0 Å². The molecule has 0 atom stereocenters. The largest absolute Gasteiger partial charge is 0.497 e. The van der Waals surface area contributed by atoms with Gasteiger partial charge in [-0.25, -0.2) is 0 Å². The predicted molar refractivity (Wildman–Crippen MR) is 75.2 cm³/mol. The van der Waals surface area contributed by atoms with Crippen LogP contribution < -0.4 is 4.74 Å². The average Bonchev–Trinajstić information content (AvgIpc) is 2.73.